The molecule has 4 aromatic rings. The van der Waals surface area contributed by atoms with Gasteiger partial charge in [-0.25, -0.2) is 15.0 Å². The summed E-state index contributed by atoms with van der Waals surface area (Å²) in [7, 11) is 0. The number of nitrogens with zero attached hydrogens (tertiary/aromatic N) is 5. The molecule has 1 aliphatic heterocycles. The number of hydrogen-bond acceptors (Lipinski definition) is 8. The Balaban J connectivity index is 1.16. The van der Waals surface area contributed by atoms with Crippen LogP contribution in [0.3, 0.4) is 0 Å². The molecule has 8 heteroatoms. The maximum absolute atomic E-state index is 6.55. The molecule has 0 unspecified atom stereocenters. The summed E-state index contributed by atoms with van der Waals surface area (Å²) in [4.78, 5) is 20.2. The number of furan rings is 1. The van der Waals surface area contributed by atoms with Crippen LogP contribution in [0.2, 0.25) is 0 Å². The fraction of sp³-hybridized carbons (Fsp3) is 0.440. The van der Waals surface area contributed by atoms with Gasteiger partial charge in [-0.05, 0) is 44.1 Å². The number of ether oxygens (including phenoxy) is 2. The fourth-order valence-corrected chi connectivity index (χ4v) is 5.01. The molecule has 1 aliphatic carbocycles. The van der Waals surface area contributed by atoms with Crippen LogP contribution in [-0.2, 0) is 11.2 Å². The molecule has 0 atom stereocenters. The smallest absolute Gasteiger partial charge is 0.173 e. The second kappa shape index (κ2) is 8.94. The van der Waals surface area contributed by atoms with Gasteiger partial charge in [0, 0.05) is 43.3 Å². The highest BCUT2D eigenvalue weighted by molar-refractivity contribution is 5.85. The van der Waals surface area contributed by atoms with E-state index < -0.39 is 0 Å². The third-order valence-electron chi connectivity index (χ3n) is 6.79. The fourth-order valence-electron chi connectivity index (χ4n) is 5.01. The zero-order valence-electron chi connectivity index (χ0n) is 18.5. The summed E-state index contributed by atoms with van der Waals surface area (Å²) < 4.78 is 17.7. The van der Waals surface area contributed by atoms with Crippen molar-refractivity contribution in [3.63, 3.8) is 0 Å². The number of rotatable bonds is 5. The minimum absolute atomic E-state index is 0.181. The molecule has 3 aromatic heterocycles. The maximum Gasteiger partial charge on any atom is 0.173 e. The molecule has 4 heterocycles. The van der Waals surface area contributed by atoms with Gasteiger partial charge < -0.3 is 18.8 Å². The number of morpholine rings is 1. The first-order valence-electron chi connectivity index (χ1n) is 11.7. The summed E-state index contributed by atoms with van der Waals surface area (Å²) in [5, 5.41) is 0. The zero-order chi connectivity index (χ0) is 22.0. The molecule has 0 radical (unpaired) electrons. The van der Waals surface area contributed by atoms with Gasteiger partial charge in [-0.15, -0.1) is 0 Å². The second-order valence-electron chi connectivity index (χ2n) is 8.89. The van der Waals surface area contributed by atoms with Crippen molar-refractivity contribution in [2.24, 2.45) is 5.92 Å². The van der Waals surface area contributed by atoms with E-state index in [0.717, 1.165) is 97.7 Å². The first-order chi connectivity index (χ1) is 16.3. The van der Waals surface area contributed by atoms with Crippen molar-refractivity contribution in [3.8, 4) is 5.75 Å². The van der Waals surface area contributed by atoms with Gasteiger partial charge in [0.1, 0.15) is 23.1 Å². The van der Waals surface area contributed by atoms with Crippen molar-refractivity contribution in [3.05, 3.63) is 48.9 Å². The van der Waals surface area contributed by atoms with Crippen molar-refractivity contribution in [1.29, 1.82) is 0 Å². The van der Waals surface area contributed by atoms with Gasteiger partial charge in [0.05, 0.1) is 36.8 Å². The molecule has 1 saturated carbocycles. The van der Waals surface area contributed by atoms with Crippen molar-refractivity contribution < 1.29 is 13.9 Å². The largest absolute Gasteiger partial charge is 0.488 e. The third-order valence-corrected chi connectivity index (χ3v) is 6.79. The van der Waals surface area contributed by atoms with E-state index in [4.69, 9.17) is 13.9 Å². The van der Waals surface area contributed by atoms with Gasteiger partial charge in [-0.1, -0.05) is 0 Å². The molecule has 2 aliphatic rings. The van der Waals surface area contributed by atoms with Crippen LogP contribution >= 0.6 is 0 Å². The third kappa shape index (κ3) is 4.23. The highest BCUT2D eigenvalue weighted by Crippen LogP contribution is 2.35. The number of fused-ring (bicyclic) bond motifs is 2. The van der Waals surface area contributed by atoms with Crippen LogP contribution in [0.5, 0.6) is 5.75 Å². The lowest BCUT2D eigenvalue weighted by Crippen LogP contribution is -2.36. The number of hydrogen-bond donors (Lipinski definition) is 0. The molecule has 1 aromatic carbocycles. The molecular formula is C25H27N5O3. The average Bonchev–Trinajstić information content (AvgIpc) is 3.36. The van der Waals surface area contributed by atoms with Crippen molar-refractivity contribution in [2.45, 2.75) is 38.2 Å². The molecule has 33 heavy (non-hydrogen) atoms. The first kappa shape index (κ1) is 20.4. The number of anilines is 1. The van der Waals surface area contributed by atoms with E-state index >= 15 is 0 Å². The summed E-state index contributed by atoms with van der Waals surface area (Å²) in [6.07, 6.45) is 12.1. The van der Waals surface area contributed by atoms with E-state index in [0.29, 0.717) is 5.92 Å². The Morgan fingerprint density at radius 2 is 1.79 bits per heavy atom. The van der Waals surface area contributed by atoms with Crippen molar-refractivity contribution >= 4 is 27.8 Å². The van der Waals surface area contributed by atoms with Crippen molar-refractivity contribution in [1.82, 2.24) is 19.9 Å². The monoisotopic (exact) mass is 445 g/mol. The van der Waals surface area contributed by atoms with Crippen molar-refractivity contribution in [2.75, 3.05) is 31.2 Å². The van der Waals surface area contributed by atoms with E-state index in [1.54, 1.807) is 25.0 Å². The topological polar surface area (TPSA) is 86.4 Å². The molecule has 170 valence electrons. The van der Waals surface area contributed by atoms with Crippen LogP contribution in [-0.4, -0.2) is 52.3 Å². The highest BCUT2D eigenvalue weighted by atomic mass is 16.5. The minimum atomic E-state index is 0.181. The lowest BCUT2D eigenvalue weighted by molar-refractivity contribution is 0.122. The molecule has 0 N–H and O–H groups in total. The van der Waals surface area contributed by atoms with E-state index in [1.165, 1.54) is 0 Å². The first-order valence-corrected chi connectivity index (χ1v) is 11.7. The van der Waals surface area contributed by atoms with E-state index in [-0.39, 0.29) is 6.10 Å². The summed E-state index contributed by atoms with van der Waals surface area (Å²) >= 11 is 0. The highest BCUT2D eigenvalue weighted by Gasteiger charge is 2.25. The summed E-state index contributed by atoms with van der Waals surface area (Å²) in [6, 6.07) is 6.13. The lowest BCUT2D eigenvalue weighted by Gasteiger charge is -2.31. The molecule has 6 rings (SSSR count). The van der Waals surface area contributed by atoms with Crippen LogP contribution in [0.15, 0.2) is 47.6 Å². The van der Waals surface area contributed by atoms with Crippen LogP contribution < -0.4 is 9.64 Å². The van der Waals surface area contributed by atoms with Crippen LogP contribution in [0.1, 0.15) is 31.4 Å². The van der Waals surface area contributed by atoms with Gasteiger partial charge in [0.25, 0.3) is 0 Å². The lowest BCUT2D eigenvalue weighted by atomic mass is 9.84. The van der Waals surface area contributed by atoms with Gasteiger partial charge >= 0.3 is 0 Å². The second-order valence-corrected chi connectivity index (χ2v) is 8.89. The Hall–Kier alpha value is -3.26. The summed E-state index contributed by atoms with van der Waals surface area (Å²) in [6.45, 7) is 3.25. The molecule has 0 bridgehead atoms. The Kier molecular flexibility index (Phi) is 5.51. The quantitative estimate of drug-likeness (QED) is 0.452. The Bertz CT molecular complexity index is 1250. The molecule has 2 fully saturated rings. The maximum atomic E-state index is 6.55. The normalized spacial score (nSPS) is 21.5. The average molecular weight is 446 g/mol. The standard InChI is InChI=1S/C25H27N5O3/c1-3-19(4-2-17(1)13-22-25-20(5-10-32-25)28-16-29-22)33-23-15-18(30-8-11-31-12-9-30)14-21-24(23)27-7-6-26-21/h5-7,10,14-17,19H,1-4,8-9,11-13H2. The van der Waals surface area contributed by atoms with E-state index in [2.05, 4.69) is 37.0 Å². The van der Waals surface area contributed by atoms with Crippen LogP contribution in [0.4, 0.5) is 5.69 Å². The van der Waals surface area contributed by atoms with E-state index in [9.17, 15) is 0 Å². The van der Waals surface area contributed by atoms with Crippen LogP contribution in [0, 0.1) is 5.92 Å². The predicted molar refractivity (Wildman–Crippen MR) is 124 cm³/mol. The zero-order valence-corrected chi connectivity index (χ0v) is 18.5. The molecule has 8 nitrogen and oxygen atoms in total. The summed E-state index contributed by atoms with van der Waals surface area (Å²) in [5.41, 5.74) is 5.54. The van der Waals surface area contributed by atoms with Gasteiger partial charge in [-0.3, -0.25) is 4.98 Å². The molecule has 0 amide bonds. The summed E-state index contributed by atoms with van der Waals surface area (Å²) in [5.74, 6) is 1.41. The SMILES string of the molecule is c1cnc2c(OC3CCC(Cc4ncnc5ccoc45)CC3)cc(N3CCOCC3)cc2n1. The van der Waals surface area contributed by atoms with E-state index in [1.807, 2.05) is 6.07 Å². The van der Waals surface area contributed by atoms with Gasteiger partial charge in [-0.2, -0.15) is 0 Å². The Morgan fingerprint density at radius 1 is 0.939 bits per heavy atom. The van der Waals surface area contributed by atoms with Crippen LogP contribution in [0.25, 0.3) is 22.1 Å². The number of aromatic nitrogens is 4. The molecular weight excluding hydrogens is 418 g/mol. The molecule has 0 spiro atoms. The Labute approximate surface area is 192 Å². The van der Waals surface area contributed by atoms with Gasteiger partial charge in [0.2, 0.25) is 0 Å². The predicted octanol–water partition coefficient (Wildman–Crippen LogP) is 4.18. The molecule has 1 saturated heterocycles. The minimum Gasteiger partial charge on any atom is -0.488 e. The Morgan fingerprint density at radius 3 is 2.67 bits per heavy atom. The van der Waals surface area contributed by atoms with Gasteiger partial charge in [0.15, 0.2) is 5.58 Å². The number of benzene rings is 1.